The SMILES string of the molecule is Nc1nc2ncc(CNc3ccc(C(=O)N[C@@H](CCC(=O)O)C(=O)O)cc3)nc2c(=O)[nH]1.O=S(=O)([O-])[O-].[Fe+3].[H+].[N-]CC(=O)[O-]. The van der Waals surface area contributed by atoms with E-state index in [4.69, 9.17) is 49.1 Å². The molecule has 0 aliphatic rings. The summed E-state index contributed by atoms with van der Waals surface area (Å²) in [6.07, 6.45) is 0.840. The molecule has 7 N–H and O–H groups in total. The largest absolute Gasteiger partial charge is 3.00 e. The first-order valence-electron chi connectivity index (χ1n) is 11.1. The number of anilines is 2. The zero-order chi connectivity index (χ0) is 32.0. The minimum absolute atomic E-state index is 0. The smallest absolute Gasteiger partial charge is 0.803 e. The number of nitrogens with zero attached hydrogens (tertiary/aromatic N) is 4. The maximum Gasteiger partial charge on any atom is 3.00 e. The fraction of sp³-hybridized carbons (Fsp3) is 0.238. The first-order valence-corrected chi connectivity index (χ1v) is 12.4. The number of carboxylic acid groups (broad SMARTS) is 3. The maximum absolute atomic E-state index is 12.3. The first kappa shape index (κ1) is 38.3. The van der Waals surface area contributed by atoms with Crippen LogP contribution in [0.2, 0.25) is 0 Å². The first-order chi connectivity index (χ1) is 19.5. The number of carbonyl (C=O) groups is 4. The summed E-state index contributed by atoms with van der Waals surface area (Å²) in [6, 6.07) is 4.86. The number of hydrogen-bond acceptors (Lipinski definition) is 15. The van der Waals surface area contributed by atoms with E-state index in [1.54, 1.807) is 12.1 Å². The van der Waals surface area contributed by atoms with Gasteiger partial charge in [-0.25, -0.2) is 14.8 Å². The van der Waals surface area contributed by atoms with Crippen LogP contribution in [0, 0.1) is 0 Å². The second kappa shape index (κ2) is 17.9. The summed E-state index contributed by atoms with van der Waals surface area (Å²) in [5, 5.41) is 32.2. The Morgan fingerprint density at radius 1 is 1.12 bits per heavy atom. The van der Waals surface area contributed by atoms with Gasteiger partial charge >= 0.3 is 30.4 Å². The number of aromatic amines is 1. The molecule has 2 heterocycles. The average Bonchev–Trinajstić information content (AvgIpc) is 2.89. The summed E-state index contributed by atoms with van der Waals surface area (Å²) in [5.74, 6) is -4.60. The molecule has 22 heteroatoms. The van der Waals surface area contributed by atoms with Crippen molar-refractivity contribution in [1.82, 2.24) is 25.3 Å². The van der Waals surface area contributed by atoms with Crippen LogP contribution < -0.4 is 27.0 Å². The van der Waals surface area contributed by atoms with Crippen molar-refractivity contribution in [2.45, 2.75) is 25.4 Å². The molecular weight excluding hydrogens is 644 g/mol. The molecule has 3 aromatic rings. The van der Waals surface area contributed by atoms with Crippen molar-refractivity contribution >= 4 is 57.0 Å². The number of fused-ring (bicyclic) bond motifs is 1. The van der Waals surface area contributed by atoms with E-state index in [1.165, 1.54) is 18.3 Å². The van der Waals surface area contributed by atoms with E-state index in [0.29, 0.717) is 11.4 Å². The van der Waals surface area contributed by atoms with Gasteiger partial charge in [-0.05, 0) is 30.7 Å². The monoisotopic (exact) mass is 666 g/mol. The van der Waals surface area contributed by atoms with Gasteiger partial charge in [0.25, 0.3) is 11.5 Å². The van der Waals surface area contributed by atoms with Gasteiger partial charge in [-0.1, -0.05) is 0 Å². The topological polar surface area (TPSA) is 356 Å². The van der Waals surface area contributed by atoms with Gasteiger partial charge in [0.2, 0.25) is 5.95 Å². The number of carbonyl (C=O) groups excluding carboxylic acids is 2. The van der Waals surface area contributed by atoms with E-state index in [9.17, 15) is 19.2 Å². The van der Waals surface area contributed by atoms with Gasteiger partial charge in [-0.2, -0.15) is 4.98 Å². The Kier molecular flexibility index (Phi) is 16.0. The van der Waals surface area contributed by atoms with Crippen molar-refractivity contribution in [3.8, 4) is 0 Å². The number of nitrogens with one attached hydrogen (secondary N) is 3. The minimum atomic E-state index is -5.17. The predicted octanol–water partition coefficient (Wildman–Crippen LogP) is -2.70. The van der Waals surface area contributed by atoms with E-state index in [0.717, 1.165) is 0 Å². The summed E-state index contributed by atoms with van der Waals surface area (Å²) < 4.78 is 34.1. The van der Waals surface area contributed by atoms with Crippen molar-refractivity contribution in [2.24, 2.45) is 0 Å². The number of benzene rings is 1. The molecule has 1 aromatic carbocycles. The fourth-order valence-corrected chi connectivity index (χ4v) is 2.75. The Morgan fingerprint density at radius 2 is 1.67 bits per heavy atom. The van der Waals surface area contributed by atoms with Crippen LogP contribution in [-0.2, 0) is 48.4 Å². The van der Waals surface area contributed by atoms with Gasteiger partial charge in [-0.3, -0.25) is 27.8 Å². The van der Waals surface area contributed by atoms with Gasteiger partial charge in [0.15, 0.2) is 11.2 Å². The summed E-state index contributed by atoms with van der Waals surface area (Å²) in [4.78, 5) is 69.6. The van der Waals surface area contributed by atoms with Gasteiger partial charge in [0.1, 0.15) is 6.04 Å². The van der Waals surface area contributed by atoms with Crippen LogP contribution in [0.15, 0.2) is 35.3 Å². The van der Waals surface area contributed by atoms with Crippen LogP contribution in [0.3, 0.4) is 0 Å². The molecule has 0 saturated carbocycles. The molecule has 0 bridgehead atoms. The molecule has 3 rings (SSSR count). The van der Waals surface area contributed by atoms with Crippen LogP contribution in [-0.4, -0.2) is 84.1 Å². The molecule has 2 aromatic heterocycles. The standard InChI is InChI=1S/C19H19N7O6.C2H3NO2.Fe.H2O4S/c20-19-25-15-14(17(30)26-19)23-11(8-22-15)7-21-10-3-1-9(2-4-10)16(29)24-12(18(31)32)5-6-13(27)28;3-1-2(4)5;;1-5(2,3)4/h1-4,8,12,21H,5-7H2,(H,24,29)(H,27,28)(H,31,32)(H3,20,22,25,26,30);1H2,(H,4,5);;(H2,1,2,3,4)/q;-1;+3;/p-2/t12-;;;/m0.../s1. The zero-order valence-electron chi connectivity index (χ0n) is 22.4. The Bertz CT molecular complexity index is 1580. The van der Waals surface area contributed by atoms with Gasteiger partial charge < -0.3 is 51.3 Å². The molecule has 232 valence electrons. The van der Waals surface area contributed by atoms with E-state index in [1.807, 2.05) is 0 Å². The van der Waals surface area contributed by atoms with Crippen LogP contribution >= 0.6 is 0 Å². The number of aromatic nitrogens is 4. The number of hydrogen-bond donors (Lipinski definition) is 6. The Balaban J connectivity index is 0. The molecule has 1 atom stereocenters. The molecule has 43 heavy (non-hydrogen) atoms. The van der Waals surface area contributed by atoms with Crippen LogP contribution in [0.5, 0.6) is 0 Å². The van der Waals surface area contributed by atoms with Gasteiger partial charge in [-0.15, -0.1) is 6.54 Å². The minimum Gasteiger partial charge on any atom is -0.803 e. The second-order valence-corrected chi connectivity index (χ2v) is 8.47. The second-order valence-electron chi connectivity index (χ2n) is 7.65. The number of carboxylic acids is 3. The van der Waals surface area contributed by atoms with E-state index in [2.05, 4.69) is 30.6 Å². The van der Waals surface area contributed by atoms with Crippen LogP contribution in [0.25, 0.3) is 16.9 Å². The molecule has 0 spiro atoms. The summed E-state index contributed by atoms with van der Waals surface area (Å²) in [7, 11) is -5.17. The van der Waals surface area contributed by atoms with E-state index in [-0.39, 0.29) is 60.6 Å². The summed E-state index contributed by atoms with van der Waals surface area (Å²) in [5.41, 5.74) is 14.0. The average molecular weight is 666 g/mol. The molecular formula is C21H22FeN8O12S. The molecule has 2 radical (unpaired) electrons. The molecule has 0 aliphatic carbocycles. The van der Waals surface area contributed by atoms with Crippen molar-refractivity contribution < 1.29 is 70.5 Å². The molecule has 0 saturated heterocycles. The van der Waals surface area contributed by atoms with Crippen molar-refractivity contribution in [3.05, 3.63) is 57.8 Å². The fourth-order valence-electron chi connectivity index (χ4n) is 2.75. The number of amides is 1. The van der Waals surface area contributed by atoms with E-state index >= 15 is 0 Å². The number of H-pyrrole nitrogens is 1. The molecule has 0 aliphatic heterocycles. The predicted molar refractivity (Wildman–Crippen MR) is 137 cm³/mol. The normalized spacial score (nSPS) is 10.9. The molecule has 1 amide bonds. The quantitative estimate of drug-likeness (QED) is 0.0728. The molecule has 0 unspecified atom stereocenters. The summed E-state index contributed by atoms with van der Waals surface area (Å²) in [6.45, 7) is -0.658. The Morgan fingerprint density at radius 3 is 2.16 bits per heavy atom. The van der Waals surface area contributed by atoms with E-state index < -0.39 is 52.4 Å². The molecule has 20 nitrogen and oxygen atoms in total. The third-order valence-corrected chi connectivity index (χ3v) is 4.49. The Hall–Kier alpha value is -4.73. The van der Waals surface area contributed by atoms with Gasteiger partial charge in [0, 0.05) is 34.0 Å². The Labute approximate surface area is 253 Å². The maximum atomic E-state index is 12.3. The van der Waals surface area contributed by atoms with Crippen LogP contribution in [0.1, 0.15) is 30.3 Å². The van der Waals surface area contributed by atoms with Crippen LogP contribution in [0.4, 0.5) is 11.6 Å². The number of nitrogen functional groups attached to an aromatic ring is 1. The third kappa shape index (κ3) is 15.7. The number of nitrogens with two attached hydrogens (primary N) is 1. The number of rotatable bonds is 10. The van der Waals surface area contributed by atoms with Crippen molar-refractivity contribution in [3.63, 3.8) is 0 Å². The zero-order valence-corrected chi connectivity index (χ0v) is 23.3. The van der Waals surface area contributed by atoms with Crippen molar-refractivity contribution in [1.29, 1.82) is 0 Å². The summed E-state index contributed by atoms with van der Waals surface area (Å²) >= 11 is 0. The third-order valence-electron chi connectivity index (χ3n) is 4.49. The van der Waals surface area contributed by atoms with Crippen molar-refractivity contribution in [2.75, 3.05) is 17.6 Å². The van der Waals surface area contributed by atoms with Gasteiger partial charge in [0.05, 0.1) is 18.4 Å². The molecule has 0 fully saturated rings. The number of aliphatic carboxylic acids is 3.